The first-order valence-corrected chi connectivity index (χ1v) is 12.9. The van der Waals surface area contributed by atoms with Gasteiger partial charge in [0.15, 0.2) is 0 Å². The molecule has 190 valence electrons. The smallest absolute Gasteiger partial charge is 0.243 e. The van der Waals surface area contributed by atoms with Crippen molar-refractivity contribution in [1.29, 1.82) is 0 Å². The lowest BCUT2D eigenvalue weighted by atomic mass is 10.0. The van der Waals surface area contributed by atoms with Gasteiger partial charge in [0.1, 0.15) is 11.8 Å². The van der Waals surface area contributed by atoms with Crippen LogP contribution in [-0.2, 0) is 22.6 Å². The minimum absolute atomic E-state index is 0.0122. The predicted octanol–water partition coefficient (Wildman–Crippen LogP) is 6.05. The van der Waals surface area contributed by atoms with Crippen LogP contribution in [0.2, 0.25) is 5.02 Å². The highest BCUT2D eigenvalue weighted by atomic mass is 35.5. The zero-order chi connectivity index (χ0) is 25.8. The lowest BCUT2D eigenvalue weighted by Crippen LogP contribution is -2.52. The maximum atomic E-state index is 13.6. The fourth-order valence-electron chi connectivity index (χ4n) is 3.90. The number of hydrogen-bond acceptors (Lipinski definition) is 3. The van der Waals surface area contributed by atoms with E-state index in [4.69, 9.17) is 16.3 Å². The molecule has 0 radical (unpaired) electrons. The topological polar surface area (TPSA) is 58.6 Å². The second kappa shape index (κ2) is 14.3. The molecule has 2 atom stereocenters. The number of nitrogens with zero attached hydrogens (tertiary/aromatic N) is 1. The zero-order valence-corrected chi connectivity index (χ0v) is 21.8. The van der Waals surface area contributed by atoms with Crippen molar-refractivity contribution in [2.24, 2.45) is 0 Å². The Morgan fingerprint density at radius 2 is 1.61 bits per heavy atom. The molecule has 0 fully saturated rings. The summed E-state index contributed by atoms with van der Waals surface area (Å²) >= 11 is 6.23. The van der Waals surface area contributed by atoms with E-state index in [0.717, 1.165) is 23.3 Å². The number of benzene rings is 3. The highest BCUT2D eigenvalue weighted by molar-refractivity contribution is 6.30. The molecule has 0 saturated carbocycles. The van der Waals surface area contributed by atoms with Gasteiger partial charge in [-0.15, -0.1) is 0 Å². The van der Waals surface area contributed by atoms with Crippen LogP contribution in [-0.4, -0.2) is 35.4 Å². The fourth-order valence-corrected chi connectivity index (χ4v) is 4.11. The van der Waals surface area contributed by atoms with Gasteiger partial charge in [0.05, 0.1) is 6.61 Å². The van der Waals surface area contributed by atoms with Gasteiger partial charge in [0.2, 0.25) is 11.8 Å². The normalized spacial score (nSPS) is 12.4. The Labute approximate surface area is 219 Å². The molecule has 0 aliphatic heterocycles. The van der Waals surface area contributed by atoms with E-state index in [1.807, 2.05) is 92.7 Å². The molecule has 0 spiro atoms. The van der Waals surface area contributed by atoms with E-state index in [-0.39, 0.29) is 24.3 Å². The zero-order valence-electron chi connectivity index (χ0n) is 21.0. The molecule has 0 heterocycles. The Balaban J connectivity index is 1.80. The predicted molar refractivity (Wildman–Crippen MR) is 145 cm³/mol. The van der Waals surface area contributed by atoms with Gasteiger partial charge in [-0.2, -0.15) is 0 Å². The van der Waals surface area contributed by atoms with Crippen LogP contribution in [0.3, 0.4) is 0 Å². The molecule has 0 saturated heterocycles. The number of carbonyl (C=O) groups is 2. The van der Waals surface area contributed by atoms with Gasteiger partial charge in [0, 0.05) is 30.5 Å². The monoisotopic (exact) mass is 506 g/mol. The molecule has 36 heavy (non-hydrogen) atoms. The van der Waals surface area contributed by atoms with E-state index in [9.17, 15) is 9.59 Å². The van der Waals surface area contributed by atoms with Gasteiger partial charge in [0.25, 0.3) is 0 Å². The van der Waals surface area contributed by atoms with Crippen molar-refractivity contribution in [3.63, 3.8) is 0 Å². The number of amides is 2. The summed E-state index contributed by atoms with van der Waals surface area (Å²) in [7, 11) is 0. The molecule has 0 unspecified atom stereocenters. The Hall–Kier alpha value is -3.31. The van der Waals surface area contributed by atoms with Gasteiger partial charge in [-0.1, -0.05) is 79.2 Å². The lowest BCUT2D eigenvalue weighted by Gasteiger charge is -2.32. The lowest BCUT2D eigenvalue weighted by molar-refractivity contribution is -0.141. The van der Waals surface area contributed by atoms with Gasteiger partial charge in [-0.05, 0) is 55.2 Å². The summed E-state index contributed by atoms with van der Waals surface area (Å²) in [5, 5.41) is 3.68. The average molecular weight is 507 g/mol. The molecule has 3 aromatic carbocycles. The molecule has 6 heteroatoms. The summed E-state index contributed by atoms with van der Waals surface area (Å²) in [4.78, 5) is 28.8. The molecule has 2 amide bonds. The maximum absolute atomic E-state index is 13.6. The van der Waals surface area contributed by atoms with Crippen LogP contribution >= 0.6 is 11.6 Å². The Bertz CT molecular complexity index is 1090. The van der Waals surface area contributed by atoms with Crippen molar-refractivity contribution in [2.45, 2.75) is 58.2 Å². The summed E-state index contributed by atoms with van der Waals surface area (Å²) in [6, 6.07) is 26.1. The third kappa shape index (κ3) is 8.72. The quantitative estimate of drug-likeness (QED) is 0.287. The van der Waals surface area contributed by atoms with Gasteiger partial charge < -0.3 is 15.0 Å². The van der Waals surface area contributed by atoms with Crippen molar-refractivity contribution < 1.29 is 14.3 Å². The third-order valence-corrected chi connectivity index (χ3v) is 6.30. The third-order valence-electron chi connectivity index (χ3n) is 6.06. The first-order valence-electron chi connectivity index (χ1n) is 12.5. The van der Waals surface area contributed by atoms with E-state index in [2.05, 4.69) is 5.32 Å². The number of para-hydroxylation sites is 1. The van der Waals surface area contributed by atoms with Crippen LogP contribution in [0.15, 0.2) is 84.9 Å². The number of rotatable bonds is 13. The van der Waals surface area contributed by atoms with Crippen molar-refractivity contribution in [3.05, 3.63) is 101 Å². The summed E-state index contributed by atoms with van der Waals surface area (Å²) < 4.78 is 5.77. The Kier molecular flexibility index (Phi) is 10.8. The SMILES string of the molecule is CC[C@H](C)NC(=O)[C@H](Cc1ccccc1)N(Cc1cccc(Cl)c1)C(=O)CCCOc1ccccc1. The van der Waals surface area contributed by atoms with E-state index in [0.29, 0.717) is 31.0 Å². The average Bonchev–Trinajstić information content (AvgIpc) is 2.89. The van der Waals surface area contributed by atoms with Gasteiger partial charge in [-0.25, -0.2) is 0 Å². The minimum atomic E-state index is -0.650. The van der Waals surface area contributed by atoms with Crippen LogP contribution in [0.5, 0.6) is 5.75 Å². The molecule has 0 aliphatic rings. The van der Waals surface area contributed by atoms with Gasteiger partial charge in [-0.3, -0.25) is 9.59 Å². The summed E-state index contributed by atoms with van der Waals surface area (Å²) in [6.45, 7) is 4.72. The molecular weight excluding hydrogens is 472 g/mol. The number of hydrogen-bond donors (Lipinski definition) is 1. The minimum Gasteiger partial charge on any atom is -0.494 e. The molecule has 0 bridgehead atoms. The van der Waals surface area contributed by atoms with Crippen LogP contribution in [0, 0.1) is 0 Å². The standard InChI is InChI=1S/C30H35ClN2O3/c1-3-23(2)32-30(35)28(21-24-12-6-4-7-13-24)33(22-25-14-10-15-26(31)20-25)29(34)18-11-19-36-27-16-8-5-9-17-27/h4-10,12-17,20,23,28H,3,11,18-19,21-22H2,1-2H3,(H,32,35)/t23-,28-/m0/s1. The van der Waals surface area contributed by atoms with Gasteiger partial charge >= 0.3 is 0 Å². The molecule has 0 aromatic heterocycles. The molecule has 3 rings (SSSR count). The van der Waals surface area contributed by atoms with E-state index in [1.54, 1.807) is 11.0 Å². The number of nitrogens with one attached hydrogen (secondary N) is 1. The summed E-state index contributed by atoms with van der Waals surface area (Å²) in [5.74, 6) is 0.534. The maximum Gasteiger partial charge on any atom is 0.243 e. The molecule has 0 aliphatic carbocycles. The first kappa shape index (κ1) is 27.3. The van der Waals surface area contributed by atoms with Crippen LogP contribution in [0.25, 0.3) is 0 Å². The number of ether oxygens (including phenoxy) is 1. The first-order chi connectivity index (χ1) is 17.5. The Morgan fingerprint density at radius 1 is 0.944 bits per heavy atom. The summed E-state index contributed by atoms with van der Waals surface area (Å²) in [6.07, 6.45) is 2.05. The van der Waals surface area contributed by atoms with Crippen molar-refractivity contribution in [1.82, 2.24) is 10.2 Å². The highest BCUT2D eigenvalue weighted by Crippen LogP contribution is 2.19. The molecule has 3 aromatic rings. The van der Waals surface area contributed by atoms with E-state index >= 15 is 0 Å². The van der Waals surface area contributed by atoms with Crippen LogP contribution in [0.1, 0.15) is 44.2 Å². The fraction of sp³-hybridized carbons (Fsp3) is 0.333. The van der Waals surface area contributed by atoms with Crippen molar-refractivity contribution >= 4 is 23.4 Å². The molecule has 5 nitrogen and oxygen atoms in total. The highest BCUT2D eigenvalue weighted by Gasteiger charge is 2.30. The summed E-state index contributed by atoms with van der Waals surface area (Å²) in [5.41, 5.74) is 1.88. The molecule has 1 N–H and O–H groups in total. The van der Waals surface area contributed by atoms with Crippen LogP contribution in [0.4, 0.5) is 0 Å². The van der Waals surface area contributed by atoms with E-state index in [1.165, 1.54) is 0 Å². The molecular formula is C30H35ClN2O3. The van der Waals surface area contributed by atoms with Crippen molar-refractivity contribution in [3.8, 4) is 5.75 Å². The number of halogens is 1. The van der Waals surface area contributed by atoms with Crippen LogP contribution < -0.4 is 10.1 Å². The Morgan fingerprint density at radius 3 is 2.28 bits per heavy atom. The van der Waals surface area contributed by atoms with E-state index < -0.39 is 6.04 Å². The second-order valence-corrected chi connectivity index (χ2v) is 9.38. The largest absolute Gasteiger partial charge is 0.494 e. The number of carbonyl (C=O) groups excluding carboxylic acids is 2. The second-order valence-electron chi connectivity index (χ2n) is 8.94. The van der Waals surface area contributed by atoms with Crippen molar-refractivity contribution in [2.75, 3.05) is 6.61 Å².